The van der Waals surface area contributed by atoms with Gasteiger partial charge >= 0.3 is 0 Å². The second-order valence-corrected chi connectivity index (χ2v) is 8.19. The predicted octanol–water partition coefficient (Wildman–Crippen LogP) is 4.13. The van der Waals surface area contributed by atoms with Gasteiger partial charge in [-0.1, -0.05) is 0 Å². The van der Waals surface area contributed by atoms with Gasteiger partial charge in [0.1, 0.15) is 11.5 Å². The van der Waals surface area contributed by atoms with Crippen LogP contribution in [-0.2, 0) is 19.3 Å². The summed E-state index contributed by atoms with van der Waals surface area (Å²) >= 11 is 0. The molecule has 0 aliphatic rings. The molecule has 0 saturated heterocycles. The molecule has 0 aromatic heterocycles. The standard InChI is InChI=1S/C22H30O6S/c1-3-25-15-5-17-27-19-7-11-21(12-8-19)29(23,24)22-13-9-20(10-14-22)28-18-6-16-26-4-2/h7-14H,3-6,15-18H2,1-2H3. The summed E-state index contributed by atoms with van der Waals surface area (Å²) < 4.78 is 47.3. The van der Waals surface area contributed by atoms with Crippen molar-refractivity contribution in [3.8, 4) is 11.5 Å². The van der Waals surface area contributed by atoms with Crippen molar-refractivity contribution in [3.63, 3.8) is 0 Å². The summed E-state index contributed by atoms with van der Waals surface area (Å²) in [6, 6.07) is 12.9. The highest BCUT2D eigenvalue weighted by atomic mass is 32.2. The van der Waals surface area contributed by atoms with Gasteiger partial charge in [-0.3, -0.25) is 0 Å². The van der Waals surface area contributed by atoms with Crippen molar-refractivity contribution < 1.29 is 27.4 Å². The topological polar surface area (TPSA) is 71.1 Å². The zero-order valence-electron chi connectivity index (χ0n) is 17.1. The Balaban J connectivity index is 1.90. The predicted molar refractivity (Wildman–Crippen MR) is 112 cm³/mol. The molecule has 0 bridgehead atoms. The zero-order chi connectivity index (χ0) is 21.0. The maximum absolute atomic E-state index is 12.8. The van der Waals surface area contributed by atoms with E-state index in [0.29, 0.717) is 51.1 Å². The van der Waals surface area contributed by atoms with E-state index in [1.807, 2.05) is 13.8 Å². The molecule has 2 rings (SSSR count). The maximum atomic E-state index is 12.8. The molecular formula is C22H30O6S. The third-order valence-corrected chi connectivity index (χ3v) is 5.87. The Bertz CT molecular complexity index is 737. The van der Waals surface area contributed by atoms with Gasteiger partial charge < -0.3 is 18.9 Å². The molecule has 0 fully saturated rings. The van der Waals surface area contributed by atoms with Crippen LogP contribution in [0.15, 0.2) is 58.3 Å². The Morgan fingerprint density at radius 3 is 1.34 bits per heavy atom. The molecule has 160 valence electrons. The minimum Gasteiger partial charge on any atom is -0.494 e. The largest absolute Gasteiger partial charge is 0.494 e. The molecular weight excluding hydrogens is 392 g/mol. The van der Waals surface area contributed by atoms with Crippen LogP contribution in [0.25, 0.3) is 0 Å². The van der Waals surface area contributed by atoms with Crippen LogP contribution in [0.4, 0.5) is 0 Å². The van der Waals surface area contributed by atoms with Crippen LogP contribution in [0.2, 0.25) is 0 Å². The Morgan fingerprint density at radius 2 is 1.00 bits per heavy atom. The molecule has 0 N–H and O–H groups in total. The number of hydrogen-bond donors (Lipinski definition) is 0. The molecule has 0 aliphatic carbocycles. The van der Waals surface area contributed by atoms with Crippen LogP contribution < -0.4 is 9.47 Å². The van der Waals surface area contributed by atoms with E-state index in [1.54, 1.807) is 48.5 Å². The lowest BCUT2D eigenvalue weighted by atomic mass is 10.3. The van der Waals surface area contributed by atoms with E-state index in [0.717, 1.165) is 12.8 Å². The number of benzene rings is 2. The van der Waals surface area contributed by atoms with Gasteiger partial charge in [0.25, 0.3) is 0 Å². The van der Waals surface area contributed by atoms with Crippen LogP contribution in [0.1, 0.15) is 26.7 Å². The minimum atomic E-state index is -3.59. The third kappa shape index (κ3) is 7.68. The van der Waals surface area contributed by atoms with Gasteiger partial charge in [0, 0.05) is 39.3 Å². The molecule has 0 unspecified atom stereocenters. The monoisotopic (exact) mass is 422 g/mol. The summed E-state index contributed by atoms with van der Waals surface area (Å²) in [6.45, 7) is 7.62. The van der Waals surface area contributed by atoms with Gasteiger partial charge in [0.15, 0.2) is 0 Å². The summed E-state index contributed by atoms with van der Waals surface area (Å²) in [7, 11) is -3.59. The van der Waals surface area contributed by atoms with Gasteiger partial charge in [-0.2, -0.15) is 0 Å². The number of ether oxygens (including phenoxy) is 4. The zero-order valence-corrected chi connectivity index (χ0v) is 17.9. The van der Waals surface area contributed by atoms with Crippen LogP contribution in [0, 0.1) is 0 Å². The van der Waals surface area contributed by atoms with Gasteiger partial charge in [-0.15, -0.1) is 0 Å². The lowest BCUT2D eigenvalue weighted by Crippen LogP contribution is -2.05. The van der Waals surface area contributed by atoms with Crippen LogP contribution in [0.5, 0.6) is 11.5 Å². The fourth-order valence-electron chi connectivity index (χ4n) is 2.56. The molecule has 7 heteroatoms. The summed E-state index contributed by atoms with van der Waals surface area (Å²) in [5, 5.41) is 0. The van der Waals surface area contributed by atoms with Crippen molar-refractivity contribution in [1.29, 1.82) is 0 Å². The molecule has 0 heterocycles. The molecule has 2 aromatic carbocycles. The average molecular weight is 423 g/mol. The molecule has 0 atom stereocenters. The highest BCUT2D eigenvalue weighted by Gasteiger charge is 2.17. The van der Waals surface area contributed by atoms with Gasteiger partial charge in [0.05, 0.1) is 23.0 Å². The van der Waals surface area contributed by atoms with E-state index in [9.17, 15) is 8.42 Å². The lowest BCUT2D eigenvalue weighted by Gasteiger charge is -2.09. The van der Waals surface area contributed by atoms with Crippen molar-refractivity contribution in [2.75, 3.05) is 39.6 Å². The third-order valence-electron chi connectivity index (χ3n) is 4.08. The van der Waals surface area contributed by atoms with E-state index in [4.69, 9.17) is 18.9 Å². The Morgan fingerprint density at radius 1 is 0.621 bits per heavy atom. The second kappa shape index (κ2) is 12.5. The molecule has 0 saturated carbocycles. The SMILES string of the molecule is CCOCCCOc1ccc(S(=O)(=O)c2ccc(OCCCOCC)cc2)cc1. The van der Waals surface area contributed by atoms with Crippen LogP contribution in [0.3, 0.4) is 0 Å². The van der Waals surface area contributed by atoms with Crippen molar-refractivity contribution in [1.82, 2.24) is 0 Å². The van der Waals surface area contributed by atoms with E-state index in [2.05, 4.69) is 0 Å². The first-order chi connectivity index (χ1) is 14.1. The first-order valence-electron chi connectivity index (χ1n) is 9.94. The summed E-state index contributed by atoms with van der Waals surface area (Å²) in [4.78, 5) is 0.453. The summed E-state index contributed by atoms with van der Waals surface area (Å²) in [6.07, 6.45) is 1.57. The quantitative estimate of drug-likeness (QED) is 0.426. The van der Waals surface area contributed by atoms with E-state index in [1.165, 1.54) is 0 Å². The number of rotatable bonds is 14. The van der Waals surface area contributed by atoms with Crippen LogP contribution >= 0.6 is 0 Å². The smallest absolute Gasteiger partial charge is 0.206 e. The first kappa shape index (κ1) is 23.2. The van der Waals surface area contributed by atoms with Crippen molar-refractivity contribution in [2.24, 2.45) is 0 Å². The van der Waals surface area contributed by atoms with E-state index in [-0.39, 0.29) is 9.79 Å². The molecule has 29 heavy (non-hydrogen) atoms. The summed E-state index contributed by atoms with van der Waals surface area (Å²) in [5.74, 6) is 1.27. The molecule has 2 aromatic rings. The summed E-state index contributed by atoms with van der Waals surface area (Å²) in [5.41, 5.74) is 0. The second-order valence-electron chi connectivity index (χ2n) is 6.24. The molecule has 6 nitrogen and oxygen atoms in total. The van der Waals surface area contributed by atoms with Gasteiger partial charge in [0.2, 0.25) is 9.84 Å². The first-order valence-corrected chi connectivity index (χ1v) is 11.4. The van der Waals surface area contributed by atoms with Gasteiger partial charge in [-0.25, -0.2) is 8.42 Å². The van der Waals surface area contributed by atoms with Crippen molar-refractivity contribution in [3.05, 3.63) is 48.5 Å². The van der Waals surface area contributed by atoms with Crippen molar-refractivity contribution in [2.45, 2.75) is 36.5 Å². The van der Waals surface area contributed by atoms with Gasteiger partial charge in [-0.05, 0) is 62.4 Å². The molecule has 0 spiro atoms. The molecule has 0 aliphatic heterocycles. The molecule has 0 radical (unpaired) electrons. The number of hydrogen-bond acceptors (Lipinski definition) is 6. The lowest BCUT2D eigenvalue weighted by molar-refractivity contribution is 0.130. The fraction of sp³-hybridized carbons (Fsp3) is 0.455. The Kier molecular flexibility index (Phi) is 9.97. The van der Waals surface area contributed by atoms with Crippen LogP contribution in [-0.4, -0.2) is 48.1 Å². The normalized spacial score (nSPS) is 11.4. The van der Waals surface area contributed by atoms with E-state index >= 15 is 0 Å². The number of sulfone groups is 1. The highest BCUT2D eigenvalue weighted by Crippen LogP contribution is 2.25. The maximum Gasteiger partial charge on any atom is 0.206 e. The Hall–Kier alpha value is -2.09. The average Bonchev–Trinajstić information content (AvgIpc) is 2.74. The Labute approximate surface area is 173 Å². The highest BCUT2D eigenvalue weighted by molar-refractivity contribution is 7.91. The molecule has 0 amide bonds. The minimum absolute atomic E-state index is 0.226. The van der Waals surface area contributed by atoms with Crippen molar-refractivity contribution >= 4 is 9.84 Å². The fourth-order valence-corrected chi connectivity index (χ4v) is 3.82. The van der Waals surface area contributed by atoms with E-state index < -0.39 is 9.84 Å².